The van der Waals surface area contributed by atoms with E-state index in [-0.39, 0.29) is 29.0 Å². The molecule has 5 N–H and O–H groups in total. The number of carbonyl (C=O) groups excluding carboxylic acids is 5. The van der Waals surface area contributed by atoms with Crippen LogP contribution in [-0.4, -0.2) is 79.3 Å². The number of primary amides is 1. The molecular weight excluding hydrogens is 634 g/mol. The molecule has 5 amide bonds. The first-order chi connectivity index (χ1) is 21.9. The van der Waals surface area contributed by atoms with E-state index in [0.717, 1.165) is 12.8 Å². The molecule has 2 aliphatic rings. The number of hydrogen-bond donors (Lipinski definition) is 4. The Balaban J connectivity index is 1.87. The fourth-order valence-corrected chi connectivity index (χ4v) is 8.00. The number of nitrogens with zero attached hydrogens (tertiary/aromatic N) is 1. The largest absolute Gasteiger partial charge is 0.363 e. The number of sulfone groups is 1. The van der Waals surface area contributed by atoms with Gasteiger partial charge in [-0.15, -0.1) is 0 Å². The van der Waals surface area contributed by atoms with Gasteiger partial charge in [0.1, 0.15) is 12.1 Å². The summed E-state index contributed by atoms with van der Waals surface area (Å²) in [6, 6.07) is 3.36. The van der Waals surface area contributed by atoms with Gasteiger partial charge in [0.25, 0.3) is 5.91 Å². The summed E-state index contributed by atoms with van der Waals surface area (Å²) in [4.78, 5) is 68.1. The van der Waals surface area contributed by atoms with Crippen molar-refractivity contribution in [1.29, 1.82) is 0 Å². The van der Waals surface area contributed by atoms with Crippen LogP contribution in [-0.2, 0) is 29.0 Å². The number of hydrogen-bond acceptors (Lipinski definition) is 7. The Morgan fingerprint density at radius 2 is 1.44 bits per heavy atom. The van der Waals surface area contributed by atoms with Crippen molar-refractivity contribution in [3.63, 3.8) is 0 Å². The molecule has 0 bridgehead atoms. The molecule has 1 saturated carbocycles. The maximum absolute atomic E-state index is 14.4. The van der Waals surface area contributed by atoms with Crippen molar-refractivity contribution in [2.24, 2.45) is 33.8 Å². The van der Waals surface area contributed by atoms with Gasteiger partial charge in [-0.3, -0.25) is 19.2 Å². The Hall–Kier alpha value is -3.48. The Morgan fingerprint density at radius 3 is 1.92 bits per heavy atom. The van der Waals surface area contributed by atoms with Crippen LogP contribution in [0.2, 0.25) is 0 Å². The van der Waals surface area contributed by atoms with E-state index in [0.29, 0.717) is 12.8 Å². The van der Waals surface area contributed by atoms with Crippen molar-refractivity contribution < 1.29 is 32.4 Å². The van der Waals surface area contributed by atoms with Crippen molar-refractivity contribution >= 4 is 39.4 Å². The summed E-state index contributed by atoms with van der Waals surface area (Å²) in [7, 11) is -3.75. The number of nitrogens with one attached hydrogen (secondary N) is 3. The number of urea groups is 1. The Kier molecular flexibility index (Phi) is 11.8. The van der Waals surface area contributed by atoms with Gasteiger partial charge in [-0.1, -0.05) is 93.4 Å². The zero-order chi connectivity index (χ0) is 36.4. The lowest BCUT2D eigenvalue weighted by Gasteiger charge is -2.39. The van der Waals surface area contributed by atoms with E-state index in [1.54, 1.807) is 39.0 Å². The first-order valence-corrected chi connectivity index (χ1v) is 18.4. The molecule has 1 aromatic carbocycles. The van der Waals surface area contributed by atoms with Crippen molar-refractivity contribution in [3.8, 4) is 0 Å². The van der Waals surface area contributed by atoms with Gasteiger partial charge in [0.2, 0.25) is 17.6 Å². The highest BCUT2D eigenvalue weighted by atomic mass is 32.2. The fourth-order valence-electron chi connectivity index (χ4n) is 6.21. The molecule has 1 heterocycles. The lowest BCUT2D eigenvalue weighted by Crippen LogP contribution is -2.62. The summed E-state index contributed by atoms with van der Waals surface area (Å²) in [5.41, 5.74) is 3.45. The minimum Gasteiger partial charge on any atom is -0.363 e. The molecule has 4 unspecified atom stereocenters. The lowest BCUT2D eigenvalue weighted by atomic mass is 9.75. The van der Waals surface area contributed by atoms with Gasteiger partial charge in [-0.2, -0.15) is 0 Å². The van der Waals surface area contributed by atoms with Crippen LogP contribution in [0.5, 0.6) is 0 Å². The van der Waals surface area contributed by atoms with E-state index in [1.165, 1.54) is 17.0 Å². The number of Topliss-reactive ketones (excluding diaryl/α,β-unsaturated/α-hetero) is 1. The average Bonchev–Trinajstić information content (AvgIpc) is 3.65. The van der Waals surface area contributed by atoms with E-state index in [2.05, 4.69) is 16.0 Å². The molecule has 1 saturated heterocycles. The quantitative estimate of drug-likeness (QED) is 0.243. The molecule has 5 atom stereocenters. The average molecular weight is 690 g/mol. The van der Waals surface area contributed by atoms with Crippen molar-refractivity contribution in [2.75, 3.05) is 12.3 Å². The van der Waals surface area contributed by atoms with Crippen LogP contribution in [0.3, 0.4) is 0 Å². The number of rotatable bonds is 12. The van der Waals surface area contributed by atoms with Crippen LogP contribution < -0.4 is 21.7 Å². The maximum atomic E-state index is 14.4. The molecular formula is C35H55N5O7S. The molecule has 268 valence electrons. The Labute approximate surface area is 285 Å². The minimum atomic E-state index is -3.75. The zero-order valence-corrected chi connectivity index (χ0v) is 30.7. The summed E-state index contributed by atoms with van der Waals surface area (Å²) in [5, 5.41) is 8.37. The van der Waals surface area contributed by atoms with Gasteiger partial charge in [-0.05, 0) is 53.1 Å². The summed E-state index contributed by atoms with van der Waals surface area (Å²) in [6.07, 6.45) is 2.60. The molecule has 1 aliphatic carbocycles. The second-order valence-corrected chi connectivity index (χ2v) is 18.7. The zero-order valence-electron chi connectivity index (χ0n) is 29.9. The molecule has 12 nitrogen and oxygen atoms in total. The maximum Gasteiger partial charge on any atom is 0.315 e. The molecule has 0 aromatic heterocycles. The highest BCUT2D eigenvalue weighted by molar-refractivity contribution is 7.91. The number of likely N-dealkylation sites (tertiary alicyclic amines) is 1. The first-order valence-electron chi connectivity index (χ1n) is 16.7. The van der Waals surface area contributed by atoms with Crippen molar-refractivity contribution in [2.45, 2.75) is 117 Å². The van der Waals surface area contributed by atoms with Crippen LogP contribution in [0.4, 0.5) is 4.79 Å². The molecule has 0 spiro atoms. The number of nitrogens with two attached hydrogens (primary N) is 1. The molecule has 13 heteroatoms. The van der Waals surface area contributed by atoms with E-state index in [9.17, 15) is 32.4 Å². The Morgan fingerprint density at radius 1 is 0.854 bits per heavy atom. The highest BCUT2D eigenvalue weighted by Gasteiger charge is 2.50. The molecule has 1 aromatic rings. The molecule has 48 heavy (non-hydrogen) atoms. The van der Waals surface area contributed by atoms with Gasteiger partial charge in [0.15, 0.2) is 9.84 Å². The number of amides is 5. The minimum absolute atomic E-state index is 0.146. The van der Waals surface area contributed by atoms with Crippen molar-refractivity contribution in [1.82, 2.24) is 20.9 Å². The SMILES string of the molecule is CC(C)(C)C(CS(=O)(=O)c1ccccc1)NC(=O)N[C@H](C(=O)N1CCC(C(C)(C)C)C1C(=O)NC(CC1CC1)C(=O)C(N)=O)C(C)(C)C. The summed E-state index contributed by atoms with van der Waals surface area (Å²) in [5.74, 6) is -3.44. The second kappa shape index (κ2) is 14.6. The predicted octanol–water partition coefficient (Wildman–Crippen LogP) is 3.19. The fraction of sp³-hybridized carbons (Fsp3) is 0.686. The van der Waals surface area contributed by atoms with E-state index in [1.807, 2.05) is 41.5 Å². The molecule has 2 fully saturated rings. The van der Waals surface area contributed by atoms with Gasteiger partial charge in [0, 0.05) is 12.6 Å². The van der Waals surface area contributed by atoms with Crippen LogP contribution >= 0.6 is 0 Å². The normalized spacial score (nSPS) is 20.7. The standard InChI is InChI=1S/C35H55N5O7S/c1-33(2,3)23-17-18-40(26(23)30(43)37-24(19-21-15-16-21)27(41)29(36)42)31(44)28(35(7,8)9)39-32(45)38-25(34(4,5)6)20-48(46,47)22-13-11-10-12-14-22/h10-14,21,23-26,28H,15-20H2,1-9H3,(H2,36,42)(H,37,43)(H2,38,39,45)/t23?,24?,25?,26?,28-/m1/s1. The Bertz CT molecular complexity index is 1470. The summed E-state index contributed by atoms with van der Waals surface area (Å²) >= 11 is 0. The third kappa shape index (κ3) is 10.0. The number of carbonyl (C=O) groups is 5. The molecule has 0 radical (unpaired) electrons. The highest BCUT2D eigenvalue weighted by Crippen LogP contribution is 2.40. The van der Waals surface area contributed by atoms with Gasteiger partial charge in [-0.25, -0.2) is 13.2 Å². The van der Waals surface area contributed by atoms with E-state index in [4.69, 9.17) is 5.73 Å². The van der Waals surface area contributed by atoms with Crippen LogP contribution in [0, 0.1) is 28.1 Å². The van der Waals surface area contributed by atoms with E-state index >= 15 is 0 Å². The van der Waals surface area contributed by atoms with Gasteiger partial charge in [0.05, 0.1) is 16.7 Å². The third-order valence-corrected chi connectivity index (χ3v) is 11.2. The van der Waals surface area contributed by atoms with Gasteiger partial charge >= 0.3 is 6.03 Å². The van der Waals surface area contributed by atoms with E-state index < -0.39 is 79.8 Å². The monoisotopic (exact) mass is 689 g/mol. The second-order valence-electron chi connectivity index (χ2n) is 16.6. The molecule has 1 aliphatic heterocycles. The number of benzene rings is 1. The topological polar surface area (TPSA) is 185 Å². The first kappa shape index (κ1) is 39.0. The lowest BCUT2D eigenvalue weighted by molar-refractivity contribution is -0.145. The summed E-state index contributed by atoms with van der Waals surface area (Å²) in [6.45, 7) is 17.0. The van der Waals surface area contributed by atoms with Gasteiger partial charge < -0.3 is 26.6 Å². The number of ketones is 1. The third-order valence-electron chi connectivity index (χ3n) is 9.43. The molecule has 3 rings (SSSR count). The van der Waals surface area contributed by atoms with Crippen LogP contribution in [0.25, 0.3) is 0 Å². The van der Waals surface area contributed by atoms with Crippen molar-refractivity contribution in [3.05, 3.63) is 30.3 Å². The van der Waals surface area contributed by atoms with Crippen LogP contribution in [0.15, 0.2) is 35.2 Å². The smallest absolute Gasteiger partial charge is 0.315 e. The van der Waals surface area contributed by atoms with Crippen LogP contribution in [0.1, 0.15) is 88.0 Å². The predicted molar refractivity (Wildman–Crippen MR) is 183 cm³/mol. The summed E-state index contributed by atoms with van der Waals surface area (Å²) < 4.78 is 26.5.